The highest BCUT2D eigenvalue weighted by molar-refractivity contribution is 7.39. The van der Waals surface area contributed by atoms with Crippen LogP contribution >= 0.6 is 19.4 Å². The molecule has 0 aliphatic carbocycles. The van der Waals surface area contributed by atoms with Crippen LogP contribution in [0.15, 0.2) is 47.8 Å². The van der Waals surface area contributed by atoms with E-state index in [9.17, 15) is 9.46 Å². The largest absolute Gasteiger partial charge is 0.530 e. The summed E-state index contributed by atoms with van der Waals surface area (Å²) in [4.78, 5) is 10.2. The summed E-state index contributed by atoms with van der Waals surface area (Å²) in [5, 5.41) is 5.02. The summed E-state index contributed by atoms with van der Waals surface area (Å²) >= 11 is 1.49. The van der Waals surface area contributed by atoms with Crippen LogP contribution in [0, 0.1) is 0 Å². The van der Waals surface area contributed by atoms with Crippen LogP contribution in [-0.2, 0) is 11.1 Å². The average molecular weight is 266 g/mol. The number of benzene rings is 1. The topological polar surface area (TPSA) is 49.3 Å². The number of thiophene rings is 1. The molecule has 0 aliphatic rings. The fourth-order valence-corrected chi connectivity index (χ4v) is 3.23. The highest BCUT2D eigenvalue weighted by Gasteiger charge is 2.31. The van der Waals surface area contributed by atoms with Gasteiger partial charge >= 0.3 is 8.03 Å². The zero-order valence-corrected chi connectivity index (χ0v) is 10.8. The van der Waals surface area contributed by atoms with Crippen LogP contribution in [0.2, 0.25) is 0 Å². The van der Waals surface area contributed by atoms with Gasteiger partial charge in [-0.1, -0.05) is 36.4 Å². The molecule has 0 aliphatic heterocycles. The van der Waals surface area contributed by atoms with Crippen molar-refractivity contribution < 1.29 is 9.46 Å². The third-order valence-corrected chi connectivity index (χ3v) is 4.39. The van der Waals surface area contributed by atoms with Crippen LogP contribution in [0.4, 0.5) is 0 Å². The van der Waals surface area contributed by atoms with Crippen molar-refractivity contribution in [1.82, 2.24) is 5.32 Å². The van der Waals surface area contributed by atoms with Crippen molar-refractivity contribution in [3.8, 4) is 0 Å². The Bertz CT molecular complexity index is 473. The SMILES string of the molecule is O=[P+](O)C(NCc1ccccc1)c1cccs1. The van der Waals surface area contributed by atoms with Gasteiger partial charge in [0, 0.05) is 6.54 Å². The number of hydrogen-bond acceptors (Lipinski definition) is 3. The molecule has 5 heteroatoms. The van der Waals surface area contributed by atoms with E-state index in [0.29, 0.717) is 6.54 Å². The molecule has 1 aromatic heterocycles. The van der Waals surface area contributed by atoms with E-state index in [0.717, 1.165) is 10.4 Å². The van der Waals surface area contributed by atoms with Crippen LogP contribution in [0.1, 0.15) is 16.2 Å². The maximum atomic E-state index is 11.3. The molecular weight excluding hydrogens is 253 g/mol. The molecule has 0 amide bonds. The fraction of sp³-hybridized carbons (Fsp3) is 0.167. The second-order valence-corrected chi connectivity index (χ2v) is 5.69. The van der Waals surface area contributed by atoms with Gasteiger partial charge < -0.3 is 0 Å². The molecule has 2 aromatic rings. The highest BCUT2D eigenvalue weighted by Crippen LogP contribution is 2.37. The molecule has 1 heterocycles. The molecular formula is C12H13NO2PS+. The lowest BCUT2D eigenvalue weighted by Crippen LogP contribution is -2.17. The molecule has 2 unspecified atom stereocenters. The Morgan fingerprint density at radius 2 is 2.00 bits per heavy atom. The van der Waals surface area contributed by atoms with E-state index >= 15 is 0 Å². The van der Waals surface area contributed by atoms with Gasteiger partial charge in [-0.2, -0.15) is 4.89 Å². The number of hydrogen-bond donors (Lipinski definition) is 2. The Kier molecular flexibility index (Phi) is 4.40. The molecule has 0 bridgehead atoms. The Balaban J connectivity index is 2.03. The first kappa shape index (κ1) is 12.4. The van der Waals surface area contributed by atoms with E-state index in [1.807, 2.05) is 47.8 Å². The molecule has 1 aromatic carbocycles. The van der Waals surface area contributed by atoms with Gasteiger partial charge in [-0.05, 0) is 21.6 Å². The van der Waals surface area contributed by atoms with Crippen molar-refractivity contribution in [2.75, 3.05) is 0 Å². The molecule has 2 rings (SSSR count). The second-order valence-electron chi connectivity index (χ2n) is 3.59. The zero-order valence-electron chi connectivity index (χ0n) is 9.11. The van der Waals surface area contributed by atoms with Gasteiger partial charge in [0.15, 0.2) is 0 Å². The Morgan fingerprint density at radius 3 is 2.59 bits per heavy atom. The Hall–Kier alpha value is -1.06. The number of rotatable bonds is 5. The maximum absolute atomic E-state index is 11.3. The first-order chi connectivity index (χ1) is 8.27. The standard InChI is InChI=1S/C12H12NO2PS/c14-16(15)12(11-7-4-8-17-11)13-9-10-5-2-1-3-6-10/h1-8,12-13H,9H2/p+1. The van der Waals surface area contributed by atoms with E-state index in [2.05, 4.69) is 5.32 Å². The van der Waals surface area contributed by atoms with E-state index in [1.165, 1.54) is 11.3 Å². The van der Waals surface area contributed by atoms with Gasteiger partial charge in [0.05, 0.1) is 4.88 Å². The fourth-order valence-electron chi connectivity index (χ4n) is 1.54. The summed E-state index contributed by atoms with van der Waals surface area (Å²) in [5.41, 5.74) is 1.10. The van der Waals surface area contributed by atoms with E-state index < -0.39 is 13.8 Å². The lowest BCUT2D eigenvalue weighted by molar-refractivity contribution is 0.475. The van der Waals surface area contributed by atoms with Gasteiger partial charge in [-0.3, -0.25) is 5.32 Å². The molecule has 0 fully saturated rings. The summed E-state index contributed by atoms with van der Waals surface area (Å²) in [6.45, 7) is 0.588. The first-order valence-corrected chi connectivity index (χ1v) is 7.39. The molecule has 2 N–H and O–H groups in total. The van der Waals surface area contributed by atoms with E-state index in [4.69, 9.17) is 0 Å². The predicted octanol–water partition coefficient (Wildman–Crippen LogP) is 3.27. The van der Waals surface area contributed by atoms with Crippen LogP contribution in [-0.4, -0.2) is 4.89 Å². The van der Waals surface area contributed by atoms with Crippen molar-refractivity contribution in [2.45, 2.75) is 12.3 Å². The normalized spacial score (nSPS) is 13.4. The van der Waals surface area contributed by atoms with Crippen molar-refractivity contribution in [2.24, 2.45) is 0 Å². The minimum atomic E-state index is -2.26. The van der Waals surface area contributed by atoms with Crippen molar-refractivity contribution in [3.05, 3.63) is 58.3 Å². The lowest BCUT2D eigenvalue weighted by Gasteiger charge is -2.06. The summed E-state index contributed by atoms with van der Waals surface area (Å²) in [7, 11) is -2.26. The zero-order chi connectivity index (χ0) is 12.1. The van der Waals surface area contributed by atoms with Gasteiger partial charge in [0.1, 0.15) is 0 Å². The molecule has 0 saturated heterocycles. The van der Waals surface area contributed by atoms with Gasteiger partial charge in [-0.25, -0.2) is 0 Å². The number of nitrogens with one attached hydrogen (secondary N) is 1. The first-order valence-electron chi connectivity index (χ1n) is 5.23. The molecule has 88 valence electrons. The van der Waals surface area contributed by atoms with Gasteiger partial charge in [-0.15, -0.1) is 11.3 Å². The molecule has 2 atom stereocenters. The third-order valence-electron chi connectivity index (χ3n) is 2.38. The highest BCUT2D eigenvalue weighted by atomic mass is 32.1. The maximum Gasteiger partial charge on any atom is 0.530 e. The van der Waals surface area contributed by atoms with Crippen LogP contribution < -0.4 is 5.32 Å². The van der Waals surface area contributed by atoms with Crippen molar-refractivity contribution in [3.63, 3.8) is 0 Å². The average Bonchev–Trinajstić information content (AvgIpc) is 2.84. The van der Waals surface area contributed by atoms with Crippen molar-refractivity contribution >= 4 is 19.4 Å². The summed E-state index contributed by atoms with van der Waals surface area (Å²) in [5.74, 6) is -0.481. The van der Waals surface area contributed by atoms with Gasteiger partial charge in [0.25, 0.3) is 5.78 Å². The quantitative estimate of drug-likeness (QED) is 0.816. The Labute approximate surface area is 105 Å². The molecule has 0 radical (unpaired) electrons. The monoisotopic (exact) mass is 266 g/mol. The lowest BCUT2D eigenvalue weighted by atomic mass is 10.2. The molecule has 3 nitrogen and oxygen atoms in total. The summed E-state index contributed by atoms with van der Waals surface area (Å²) < 4.78 is 11.3. The van der Waals surface area contributed by atoms with Crippen LogP contribution in [0.25, 0.3) is 0 Å². The predicted molar refractivity (Wildman–Crippen MR) is 70.2 cm³/mol. The summed E-state index contributed by atoms with van der Waals surface area (Å²) in [6.07, 6.45) is 0. The third kappa shape index (κ3) is 3.45. The summed E-state index contributed by atoms with van der Waals surface area (Å²) in [6, 6.07) is 13.6. The molecule has 17 heavy (non-hydrogen) atoms. The minimum Gasteiger partial charge on any atom is -0.262 e. The smallest absolute Gasteiger partial charge is 0.262 e. The van der Waals surface area contributed by atoms with Gasteiger partial charge in [0.2, 0.25) is 0 Å². The van der Waals surface area contributed by atoms with Crippen molar-refractivity contribution in [1.29, 1.82) is 0 Å². The van der Waals surface area contributed by atoms with Crippen LogP contribution in [0.3, 0.4) is 0 Å². The van der Waals surface area contributed by atoms with E-state index in [1.54, 1.807) is 0 Å². The minimum absolute atomic E-state index is 0.481. The molecule has 0 saturated carbocycles. The Morgan fingerprint density at radius 1 is 1.24 bits per heavy atom. The van der Waals surface area contributed by atoms with E-state index in [-0.39, 0.29) is 0 Å². The second kappa shape index (κ2) is 6.03. The molecule has 0 spiro atoms. The van der Waals surface area contributed by atoms with Crippen LogP contribution in [0.5, 0.6) is 0 Å².